The number of aromatic nitrogens is 2. The van der Waals surface area contributed by atoms with E-state index in [1.807, 2.05) is 0 Å². The van der Waals surface area contributed by atoms with Gasteiger partial charge in [0.05, 0.1) is 10.0 Å². The number of nitrogens with one attached hydrogen (secondary N) is 1. The number of halogens is 4. The highest BCUT2D eigenvalue weighted by Crippen LogP contribution is 2.35. The third kappa shape index (κ3) is 3.61. The number of rotatable bonds is 4. The monoisotopic (exact) mass is 399 g/mol. The number of phenols is 1. The second-order valence-electron chi connectivity index (χ2n) is 5.09. The lowest BCUT2D eigenvalue weighted by atomic mass is 10.2. The minimum atomic E-state index is -0.793. The Morgan fingerprint density at radius 2 is 1.81 bits per heavy atom. The molecule has 0 atom stereocenters. The van der Waals surface area contributed by atoms with Crippen molar-refractivity contribution in [2.75, 3.05) is 0 Å². The molecule has 0 aliphatic heterocycles. The number of phenolic OH excluding ortho intramolecular Hbond substituents is 1. The second-order valence-corrected chi connectivity index (χ2v) is 5.91. The van der Waals surface area contributed by atoms with Gasteiger partial charge in [-0.15, -0.1) is 0 Å². The van der Waals surface area contributed by atoms with Crippen molar-refractivity contribution in [3.8, 4) is 17.2 Å². The average Bonchev–Trinajstić information content (AvgIpc) is 3.09. The van der Waals surface area contributed by atoms with Gasteiger partial charge in [-0.05, 0) is 24.3 Å². The van der Waals surface area contributed by atoms with E-state index in [2.05, 4.69) is 15.5 Å². The maximum absolute atomic E-state index is 13.6. The summed E-state index contributed by atoms with van der Waals surface area (Å²) in [5.74, 6) is -3.09. The SMILES string of the molecule is O=C(NCc1c(F)cccc1F)c1noc(-c2cc(Cl)c(O)c(Cl)c2)n1. The Morgan fingerprint density at radius 1 is 1.19 bits per heavy atom. The summed E-state index contributed by atoms with van der Waals surface area (Å²) in [4.78, 5) is 15.9. The first-order chi connectivity index (χ1) is 12.4. The lowest BCUT2D eigenvalue weighted by molar-refractivity contribution is 0.0937. The van der Waals surface area contributed by atoms with E-state index in [0.29, 0.717) is 0 Å². The molecule has 2 N–H and O–H groups in total. The molecule has 2 aromatic carbocycles. The summed E-state index contributed by atoms with van der Waals surface area (Å²) in [6.07, 6.45) is 0. The maximum atomic E-state index is 13.6. The third-order valence-electron chi connectivity index (χ3n) is 3.38. The van der Waals surface area contributed by atoms with Crippen LogP contribution in [0.3, 0.4) is 0 Å². The van der Waals surface area contributed by atoms with E-state index < -0.39 is 24.1 Å². The molecule has 1 aromatic heterocycles. The van der Waals surface area contributed by atoms with Crippen molar-refractivity contribution in [1.82, 2.24) is 15.5 Å². The first-order valence-corrected chi connectivity index (χ1v) is 7.85. The molecule has 0 bridgehead atoms. The molecule has 6 nitrogen and oxygen atoms in total. The van der Waals surface area contributed by atoms with E-state index >= 15 is 0 Å². The van der Waals surface area contributed by atoms with Crippen molar-refractivity contribution in [3.63, 3.8) is 0 Å². The number of carbonyl (C=O) groups is 1. The summed E-state index contributed by atoms with van der Waals surface area (Å²) in [6.45, 7) is -0.391. The molecule has 3 rings (SSSR count). The zero-order valence-electron chi connectivity index (χ0n) is 12.8. The van der Waals surface area contributed by atoms with Crippen molar-refractivity contribution >= 4 is 29.1 Å². The quantitative estimate of drug-likeness (QED) is 0.692. The molecule has 1 amide bonds. The molecule has 0 radical (unpaired) electrons. The summed E-state index contributed by atoms with van der Waals surface area (Å²) >= 11 is 11.6. The summed E-state index contributed by atoms with van der Waals surface area (Å²) < 4.78 is 32.1. The topological polar surface area (TPSA) is 88.2 Å². The van der Waals surface area contributed by atoms with Crippen LogP contribution < -0.4 is 5.32 Å². The van der Waals surface area contributed by atoms with Crippen molar-refractivity contribution in [1.29, 1.82) is 0 Å². The fraction of sp³-hybridized carbons (Fsp3) is 0.0625. The molecule has 0 saturated carbocycles. The van der Waals surface area contributed by atoms with Crippen LogP contribution in [0.4, 0.5) is 8.78 Å². The third-order valence-corrected chi connectivity index (χ3v) is 3.96. The molecule has 0 unspecified atom stereocenters. The van der Waals surface area contributed by atoms with Gasteiger partial charge in [-0.2, -0.15) is 4.98 Å². The molecule has 1 heterocycles. The normalized spacial score (nSPS) is 10.8. The zero-order valence-corrected chi connectivity index (χ0v) is 14.3. The van der Waals surface area contributed by atoms with Crippen LogP contribution in [0.15, 0.2) is 34.9 Å². The van der Waals surface area contributed by atoms with Crippen LogP contribution in [0.25, 0.3) is 11.5 Å². The molecule has 0 aliphatic rings. The van der Waals surface area contributed by atoms with Gasteiger partial charge in [0.2, 0.25) is 0 Å². The minimum Gasteiger partial charge on any atom is -0.505 e. The number of benzene rings is 2. The second kappa shape index (κ2) is 7.27. The zero-order chi connectivity index (χ0) is 18.8. The van der Waals surface area contributed by atoms with Gasteiger partial charge in [-0.25, -0.2) is 8.78 Å². The Kier molecular flexibility index (Phi) is 5.06. The number of hydrogen-bond donors (Lipinski definition) is 2. The maximum Gasteiger partial charge on any atom is 0.292 e. The van der Waals surface area contributed by atoms with Crippen LogP contribution in [-0.4, -0.2) is 21.2 Å². The summed E-state index contributed by atoms with van der Waals surface area (Å²) in [5.41, 5.74) is -0.00818. The highest BCUT2D eigenvalue weighted by molar-refractivity contribution is 6.37. The smallest absolute Gasteiger partial charge is 0.292 e. The van der Waals surface area contributed by atoms with Crippen molar-refractivity contribution in [2.45, 2.75) is 6.54 Å². The Hall–Kier alpha value is -2.71. The Balaban J connectivity index is 1.76. The van der Waals surface area contributed by atoms with Crippen LogP contribution in [0.2, 0.25) is 10.0 Å². The van der Waals surface area contributed by atoms with Gasteiger partial charge < -0.3 is 14.9 Å². The van der Waals surface area contributed by atoms with Gasteiger partial charge in [0.15, 0.2) is 5.75 Å². The van der Waals surface area contributed by atoms with Gasteiger partial charge in [0, 0.05) is 17.7 Å². The Labute approximate surface area is 155 Å². The summed E-state index contributed by atoms with van der Waals surface area (Å²) in [7, 11) is 0. The van der Waals surface area contributed by atoms with Crippen molar-refractivity contribution < 1.29 is 23.2 Å². The fourth-order valence-electron chi connectivity index (χ4n) is 2.07. The molecule has 0 spiro atoms. The minimum absolute atomic E-state index is 0.0354. The molecule has 134 valence electrons. The highest BCUT2D eigenvalue weighted by Gasteiger charge is 2.18. The van der Waals surface area contributed by atoms with Gasteiger partial charge in [0.25, 0.3) is 17.6 Å². The molecular weight excluding hydrogens is 391 g/mol. The predicted molar refractivity (Wildman–Crippen MR) is 88.9 cm³/mol. The first kappa shape index (κ1) is 18.1. The van der Waals surface area contributed by atoms with E-state index in [1.165, 1.54) is 18.2 Å². The van der Waals surface area contributed by atoms with Gasteiger partial charge in [-0.1, -0.05) is 34.4 Å². The van der Waals surface area contributed by atoms with Crippen LogP contribution in [0.1, 0.15) is 16.2 Å². The molecule has 3 aromatic rings. The van der Waals surface area contributed by atoms with E-state index in [0.717, 1.165) is 12.1 Å². The Bertz CT molecular complexity index is 951. The highest BCUT2D eigenvalue weighted by atomic mass is 35.5. The van der Waals surface area contributed by atoms with Crippen LogP contribution in [0.5, 0.6) is 5.75 Å². The van der Waals surface area contributed by atoms with E-state index in [1.54, 1.807) is 0 Å². The molecule has 0 saturated heterocycles. The van der Waals surface area contributed by atoms with Gasteiger partial charge >= 0.3 is 0 Å². The fourth-order valence-corrected chi connectivity index (χ4v) is 2.56. The molecule has 10 heteroatoms. The lowest BCUT2D eigenvalue weighted by Gasteiger charge is -2.05. The van der Waals surface area contributed by atoms with Crippen LogP contribution >= 0.6 is 23.2 Å². The molecule has 26 heavy (non-hydrogen) atoms. The van der Waals surface area contributed by atoms with Crippen molar-refractivity contribution in [3.05, 3.63) is 63.4 Å². The standard InChI is InChI=1S/C16H9Cl2F2N3O3/c17-9-4-7(5-10(18)13(9)24)16-22-14(23-26-16)15(25)21-6-8-11(19)2-1-3-12(8)20/h1-5,24H,6H2,(H,21,25). The van der Waals surface area contributed by atoms with E-state index in [4.69, 9.17) is 27.7 Å². The molecule has 0 fully saturated rings. The first-order valence-electron chi connectivity index (χ1n) is 7.10. The molecular formula is C16H9Cl2F2N3O3. The number of nitrogens with zero attached hydrogens (tertiary/aromatic N) is 2. The number of hydrogen-bond acceptors (Lipinski definition) is 5. The summed E-state index contributed by atoms with van der Waals surface area (Å²) in [5, 5.41) is 15.3. The largest absolute Gasteiger partial charge is 0.505 e. The molecule has 0 aliphatic carbocycles. The number of carbonyl (C=O) groups excluding carboxylic acids is 1. The summed E-state index contributed by atoms with van der Waals surface area (Å²) in [6, 6.07) is 6.03. The Morgan fingerprint density at radius 3 is 2.42 bits per heavy atom. The average molecular weight is 400 g/mol. The van der Waals surface area contributed by atoms with Crippen LogP contribution in [-0.2, 0) is 6.54 Å². The number of aromatic hydroxyl groups is 1. The van der Waals surface area contributed by atoms with Crippen molar-refractivity contribution in [2.24, 2.45) is 0 Å². The van der Waals surface area contributed by atoms with Gasteiger partial charge in [-0.3, -0.25) is 4.79 Å². The van der Waals surface area contributed by atoms with Gasteiger partial charge in [0.1, 0.15) is 11.6 Å². The van der Waals surface area contributed by atoms with E-state index in [-0.39, 0.29) is 38.6 Å². The number of amides is 1. The lowest BCUT2D eigenvalue weighted by Crippen LogP contribution is -2.25. The van der Waals surface area contributed by atoms with Crippen LogP contribution in [0, 0.1) is 11.6 Å². The predicted octanol–water partition coefficient (Wildman–Crippen LogP) is 3.96. The van der Waals surface area contributed by atoms with E-state index in [9.17, 15) is 18.7 Å².